The number of aromatic nitrogens is 4. The van der Waals surface area contributed by atoms with Crippen molar-refractivity contribution in [2.24, 2.45) is 0 Å². The fourth-order valence-electron chi connectivity index (χ4n) is 9.80. The summed E-state index contributed by atoms with van der Waals surface area (Å²) >= 11 is 0. The number of aromatic amines is 2. The van der Waals surface area contributed by atoms with Crippen molar-refractivity contribution >= 4 is 29.6 Å². The summed E-state index contributed by atoms with van der Waals surface area (Å²) in [6.07, 6.45) is 6.69. The number of nitrogens with zero attached hydrogens (tertiary/aromatic N) is 6. The van der Waals surface area contributed by atoms with Crippen molar-refractivity contribution in [1.29, 1.82) is 0 Å². The summed E-state index contributed by atoms with van der Waals surface area (Å²) in [5.41, 5.74) is 2.83. The SMILES string of the molecule is COC(=O)N[C@@H](C(=O)N1CCC[C@H]1c1ncc(C2CCN(c3c(F)cc(-c4cnc([C@@H]5CCCN5C(=O)[C@H](NC(=O)N5CCOCC5)c5ccccc5)[nH]4)cc3F)CC2)[nH]1)c1ccccc1. The molecule has 4 aliphatic heterocycles. The Hall–Kier alpha value is -6.82. The van der Waals surface area contributed by atoms with Crippen LogP contribution in [0.25, 0.3) is 11.3 Å². The van der Waals surface area contributed by atoms with E-state index in [4.69, 9.17) is 14.5 Å². The number of likely N-dealkylation sites (tertiary alicyclic amines) is 2. The van der Waals surface area contributed by atoms with E-state index in [-0.39, 0.29) is 35.5 Å². The van der Waals surface area contributed by atoms with Crippen molar-refractivity contribution in [2.45, 2.75) is 68.6 Å². The minimum absolute atomic E-state index is 0.0611. The highest BCUT2D eigenvalue weighted by atomic mass is 19.1. The van der Waals surface area contributed by atoms with Gasteiger partial charge < -0.3 is 49.7 Å². The first-order chi connectivity index (χ1) is 32.2. The fraction of sp³-hybridized carbons (Fsp3) is 0.417. The predicted octanol–water partition coefficient (Wildman–Crippen LogP) is 6.67. The molecule has 4 aliphatic rings. The van der Waals surface area contributed by atoms with Gasteiger partial charge in [0.2, 0.25) is 5.91 Å². The maximum atomic E-state index is 16.0. The molecule has 3 aromatic carbocycles. The van der Waals surface area contributed by atoms with E-state index in [2.05, 4.69) is 25.6 Å². The second-order valence-electron chi connectivity index (χ2n) is 17.2. The maximum absolute atomic E-state index is 16.0. The third-order valence-corrected chi connectivity index (χ3v) is 13.3. The molecule has 4 fully saturated rings. The van der Waals surface area contributed by atoms with E-state index in [1.54, 1.807) is 37.9 Å². The zero-order valence-electron chi connectivity index (χ0n) is 36.8. The van der Waals surface area contributed by atoms with Crippen LogP contribution in [-0.2, 0) is 19.1 Å². The third kappa shape index (κ3) is 9.32. The largest absolute Gasteiger partial charge is 0.453 e. The van der Waals surface area contributed by atoms with Crippen LogP contribution in [0, 0.1) is 11.6 Å². The number of imidazole rings is 2. The molecule has 2 aromatic heterocycles. The topological polar surface area (TPSA) is 181 Å². The molecule has 0 spiro atoms. The van der Waals surface area contributed by atoms with Crippen molar-refractivity contribution in [3.05, 3.63) is 125 Å². The first kappa shape index (κ1) is 44.4. The number of methoxy groups -OCH3 is 1. The fourth-order valence-corrected chi connectivity index (χ4v) is 9.80. The van der Waals surface area contributed by atoms with Crippen LogP contribution in [0.5, 0.6) is 0 Å². The van der Waals surface area contributed by atoms with Crippen molar-refractivity contribution in [1.82, 2.24) is 45.3 Å². The number of nitrogens with one attached hydrogen (secondary N) is 4. The summed E-state index contributed by atoms with van der Waals surface area (Å²) in [5.74, 6) is -0.683. The number of piperidine rings is 1. The van der Waals surface area contributed by atoms with Gasteiger partial charge in [-0.2, -0.15) is 0 Å². The Morgan fingerprint density at radius 2 is 1.26 bits per heavy atom. The number of morpholine rings is 1. The average Bonchev–Trinajstić information content (AvgIpc) is 4.21. The number of urea groups is 1. The quantitative estimate of drug-likeness (QED) is 0.113. The van der Waals surface area contributed by atoms with Gasteiger partial charge in [-0.1, -0.05) is 60.7 Å². The number of carbonyl (C=O) groups excluding carboxylic acids is 4. The van der Waals surface area contributed by atoms with Crippen LogP contribution >= 0.6 is 0 Å². The van der Waals surface area contributed by atoms with Crippen LogP contribution in [0.2, 0.25) is 0 Å². The molecule has 346 valence electrons. The van der Waals surface area contributed by atoms with Gasteiger partial charge in [-0.3, -0.25) is 9.59 Å². The number of carbonyl (C=O) groups is 4. The summed E-state index contributed by atoms with van der Waals surface area (Å²) in [6, 6.07) is 17.9. The summed E-state index contributed by atoms with van der Waals surface area (Å²) in [5, 5.41) is 5.65. The summed E-state index contributed by atoms with van der Waals surface area (Å²) in [7, 11) is 1.26. The van der Waals surface area contributed by atoms with Gasteiger partial charge in [0.05, 0.1) is 44.3 Å². The number of H-pyrrole nitrogens is 2. The second-order valence-corrected chi connectivity index (χ2v) is 17.2. The van der Waals surface area contributed by atoms with Crippen molar-refractivity contribution in [3.63, 3.8) is 0 Å². The molecule has 4 saturated heterocycles. The maximum Gasteiger partial charge on any atom is 0.407 e. The zero-order valence-corrected chi connectivity index (χ0v) is 36.8. The molecular weight excluding hydrogens is 851 g/mol. The third-order valence-electron chi connectivity index (χ3n) is 13.3. The lowest BCUT2D eigenvalue weighted by Gasteiger charge is -2.33. The Kier molecular flexibility index (Phi) is 13.3. The van der Waals surface area contributed by atoms with Crippen LogP contribution in [0.4, 0.5) is 24.1 Å². The van der Waals surface area contributed by atoms with Gasteiger partial charge in [-0.15, -0.1) is 0 Å². The highest BCUT2D eigenvalue weighted by Gasteiger charge is 2.39. The predicted molar refractivity (Wildman–Crippen MR) is 239 cm³/mol. The summed E-state index contributed by atoms with van der Waals surface area (Å²) in [6.45, 7) is 3.52. The number of ether oxygens (including phenoxy) is 2. The summed E-state index contributed by atoms with van der Waals surface area (Å²) in [4.78, 5) is 76.6. The van der Waals surface area contributed by atoms with Crippen molar-refractivity contribution in [3.8, 4) is 11.3 Å². The minimum Gasteiger partial charge on any atom is -0.453 e. The molecule has 0 radical (unpaired) electrons. The number of alkyl carbamates (subject to hydrolysis) is 1. The normalized spacial score (nSPS) is 20.0. The second kappa shape index (κ2) is 19.7. The summed E-state index contributed by atoms with van der Waals surface area (Å²) < 4.78 is 42.2. The molecule has 0 unspecified atom stereocenters. The van der Waals surface area contributed by atoms with Crippen LogP contribution in [-0.4, -0.2) is 118 Å². The molecule has 0 bridgehead atoms. The van der Waals surface area contributed by atoms with Gasteiger partial charge in [-0.05, 0) is 61.8 Å². The lowest BCUT2D eigenvalue weighted by Crippen LogP contribution is -2.50. The van der Waals surface area contributed by atoms with E-state index in [1.807, 2.05) is 48.5 Å². The number of benzene rings is 3. The van der Waals surface area contributed by atoms with Crippen LogP contribution < -0.4 is 15.5 Å². The average molecular weight is 905 g/mol. The van der Waals surface area contributed by atoms with Gasteiger partial charge in [0, 0.05) is 62.6 Å². The molecule has 6 heterocycles. The van der Waals surface area contributed by atoms with E-state index < -0.39 is 35.9 Å². The molecule has 0 saturated carbocycles. The number of rotatable bonds is 11. The monoisotopic (exact) mass is 904 g/mol. The van der Waals surface area contributed by atoms with Gasteiger partial charge in [-0.25, -0.2) is 28.3 Å². The Bertz CT molecular complexity index is 2490. The van der Waals surface area contributed by atoms with E-state index in [9.17, 15) is 19.2 Å². The first-order valence-corrected chi connectivity index (χ1v) is 22.7. The Morgan fingerprint density at radius 1 is 0.712 bits per heavy atom. The minimum atomic E-state index is -0.924. The standard InChI is InChI=1S/C48H54F2N10O6/c1-65-48(64)56-41(32-12-6-3-7-13-32)46(62)60-19-9-14-38(60)43-51-28-36(53-43)30-16-20-57(21-17-30)42-34(49)26-33(27-35(42)50)37-29-52-44(54-37)39-15-8-18-59(39)45(61)40(31-10-4-2-5-11-31)55-47(63)58-22-24-66-25-23-58/h2-7,10-13,26-30,38-41H,8-9,14-25H2,1H3,(H,51,53)(H,52,54)(H,55,63)(H,56,64)/t38-,39-,40+,41+/m0/s1. The molecule has 4 N–H and O–H groups in total. The highest BCUT2D eigenvalue weighted by molar-refractivity contribution is 5.89. The van der Waals surface area contributed by atoms with Crippen LogP contribution in [0.3, 0.4) is 0 Å². The number of hydrogen-bond donors (Lipinski definition) is 4. The van der Waals surface area contributed by atoms with Gasteiger partial charge >= 0.3 is 12.1 Å². The molecule has 0 aliphatic carbocycles. The first-order valence-electron chi connectivity index (χ1n) is 22.7. The Morgan fingerprint density at radius 3 is 1.83 bits per heavy atom. The van der Waals surface area contributed by atoms with Crippen LogP contribution in [0.1, 0.15) is 97.1 Å². The molecular formula is C48H54F2N10O6. The Balaban J connectivity index is 0.841. The number of anilines is 1. The van der Waals surface area contributed by atoms with Gasteiger partial charge in [0.15, 0.2) is 0 Å². The van der Waals surface area contributed by atoms with E-state index in [0.717, 1.165) is 18.5 Å². The van der Waals surface area contributed by atoms with E-state index >= 15 is 8.78 Å². The zero-order chi connectivity index (χ0) is 45.7. The van der Waals surface area contributed by atoms with E-state index in [0.29, 0.717) is 112 Å². The van der Waals surface area contributed by atoms with Gasteiger partial charge in [0.25, 0.3) is 5.91 Å². The van der Waals surface area contributed by atoms with Crippen molar-refractivity contribution < 1.29 is 37.4 Å². The molecule has 18 heteroatoms. The van der Waals surface area contributed by atoms with Crippen molar-refractivity contribution in [2.75, 3.05) is 64.5 Å². The molecule has 9 rings (SSSR count). The smallest absolute Gasteiger partial charge is 0.407 e. The molecule has 4 atom stereocenters. The molecule has 16 nitrogen and oxygen atoms in total. The molecule has 5 aromatic rings. The van der Waals surface area contributed by atoms with E-state index in [1.165, 1.54) is 25.4 Å². The lowest BCUT2D eigenvalue weighted by atomic mass is 9.93. The van der Waals surface area contributed by atoms with Crippen LogP contribution in [0.15, 0.2) is 85.2 Å². The lowest BCUT2D eigenvalue weighted by molar-refractivity contribution is -0.135. The number of hydrogen-bond acceptors (Lipinski definition) is 9. The molecule has 5 amide bonds. The highest BCUT2D eigenvalue weighted by Crippen LogP contribution is 2.39. The number of amides is 5. The van der Waals surface area contributed by atoms with Gasteiger partial charge in [0.1, 0.15) is 41.1 Å². The Labute approximate surface area is 381 Å². The molecule has 66 heavy (non-hydrogen) atoms. The number of halogens is 2.